The summed E-state index contributed by atoms with van der Waals surface area (Å²) in [7, 11) is 0. The van der Waals surface area contributed by atoms with Crippen LogP contribution in [0.15, 0.2) is 16.6 Å². The van der Waals surface area contributed by atoms with E-state index in [0.29, 0.717) is 13.2 Å². The van der Waals surface area contributed by atoms with Crippen molar-refractivity contribution in [3.05, 3.63) is 22.2 Å². The molecule has 0 radical (unpaired) electrons. The Labute approximate surface area is 124 Å². The molecule has 0 unspecified atom stereocenters. The summed E-state index contributed by atoms with van der Waals surface area (Å²) >= 11 is 3.56. The molecule has 0 amide bonds. The van der Waals surface area contributed by atoms with Crippen LogP contribution in [0.25, 0.3) is 0 Å². The van der Waals surface area contributed by atoms with E-state index in [2.05, 4.69) is 48.1 Å². The zero-order chi connectivity index (χ0) is 14.5. The summed E-state index contributed by atoms with van der Waals surface area (Å²) in [5, 5.41) is 3.47. The highest BCUT2D eigenvalue weighted by Crippen LogP contribution is 2.37. The highest BCUT2D eigenvalue weighted by molar-refractivity contribution is 9.10. The average molecular weight is 330 g/mol. The van der Waals surface area contributed by atoms with E-state index in [1.54, 1.807) is 0 Å². The second kappa shape index (κ2) is 7.15. The molecule has 0 bridgehead atoms. The van der Waals surface area contributed by atoms with Gasteiger partial charge in [0.1, 0.15) is 0 Å². The molecule has 108 valence electrons. The normalized spacial score (nSPS) is 11.5. The second-order valence-electron chi connectivity index (χ2n) is 5.37. The first kappa shape index (κ1) is 16.3. The largest absolute Gasteiger partial charge is 0.490 e. The van der Waals surface area contributed by atoms with Gasteiger partial charge in [0.25, 0.3) is 0 Å². The minimum atomic E-state index is 0.0941. The number of ether oxygens (including phenoxy) is 2. The molecule has 0 aliphatic rings. The first-order chi connectivity index (χ1) is 8.87. The fraction of sp³-hybridized carbons (Fsp3) is 0.600. The van der Waals surface area contributed by atoms with Crippen molar-refractivity contribution in [2.45, 2.75) is 46.7 Å². The molecule has 0 atom stereocenters. The van der Waals surface area contributed by atoms with E-state index in [-0.39, 0.29) is 5.54 Å². The highest BCUT2D eigenvalue weighted by atomic mass is 79.9. The van der Waals surface area contributed by atoms with E-state index in [1.165, 1.54) is 5.56 Å². The van der Waals surface area contributed by atoms with E-state index in [4.69, 9.17) is 9.47 Å². The predicted molar refractivity (Wildman–Crippen MR) is 83.1 cm³/mol. The van der Waals surface area contributed by atoms with Crippen molar-refractivity contribution in [1.29, 1.82) is 0 Å². The summed E-state index contributed by atoms with van der Waals surface area (Å²) < 4.78 is 12.2. The highest BCUT2D eigenvalue weighted by Gasteiger charge is 2.14. The van der Waals surface area contributed by atoms with Crippen molar-refractivity contribution in [1.82, 2.24) is 5.32 Å². The molecule has 0 aliphatic carbocycles. The minimum absolute atomic E-state index is 0.0941. The van der Waals surface area contributed by atoms with Gasteiger partial charge in [-0.25, -0.2) is 0 Å². The van der Waals surface area contributed by atoms with Crippen molar-refractivity contribution >= 4 is 15.9 Å². The van der Waals surface area contributed by atoms with Gasteiger partial charge in [0.05, 0.1) is 17.7 Å². The topological polar surface area (TPSA) is 30.5 Å². The standard InChI is InChI=1S/C15H24BrNO2/c1-6-18-13-9-11(10-17-15(3,4)5)8-12(16)14(13)19-7-2/h8-9,17H,6-7,10H2,1-5H3. The molecule has 1 N–H and O–H groups in total. The molecular formula is C15H24BrNO2. The molecule has 1 aromatic carbocycles. The zero-order valence-corrected chi connectivity index (χ0v) is 14.1. The maximum absolute atomic E-state index is 5.66. The fourth-order valence-corrected chi connectivity index (χ4v) is 2.24. The van der Waals surface area contributed by atoms with Crippen LogP contribution in [-0.2, 0) is 6.54 Å². The SMILES string of the molecule is CCOc1cc(CNC(C)(C)C)cc(Br)c1OCC. The Morgan fingerprint density at radius 1 is 1.11 bits per heavy atom. The lowest BCUT2D eigenvalue weighted by molar-refractivity contribution is 0.285. The Morgan fingerprint density at radius 2 is 1.74 bits per heavy atom. The quantitative estimate of drug-likeness (QED) is 0.850. The van der Waals surface area contributed by atoms with E-state index in [9.17, 15) is 0 Å². The Balaban J connectivity index is 2.95. The van der Waals surface area contributed by atoms with Gasteiger partial charge in [-0.15, -0.1) is 0 Å². The summed E-state index contributed by atoms with van der Waals surface area (Å²) in [6.45, 7) is 12.5. The van der Waals surface area contributed by atoms with Crippen molar-refractivity contribution in [2.75, 3.05) is 13.2 Å². The van der Waals surface area contributed by atoms with Crippen LogP contribution in [0.5, 0.6) is 11.5 Å². The molecule has 1 rings (SSSR count). The summed E-state index contributed by atoms with van der Waals surface area (Å²) in [5.74, 6) is 1.58. The average Bonchev–Trinajstić information content (AvgIpc) is 2.30. The Bertz CT molecular complexity index is 413. The van der Waals surface area contributed by atoms with Crippen LogP contribution >= 0.6 is 15.9 Å². The van der Waals surface area contributed by atoms with Crippen LogP contribution in [0.3, 0.4) is 0 Å². The summed E-state index contributed by atoms with van der Waals surface area (Å²) in [6.07, 6.45) is 0. The van der Waals surface area contributed by atoms with Crippen molar-refractivity contribution in [3.63, 3.8) is 0 Å². The summed E-state index contributed by atoms with van der Waals surface area (Å²) in [5.41, 5.74) is 1.27. The van der Waals surface area contributed by atoms with Gasteiger partial charge >= 0.3 is 0 Å². The van der Waals surface area contributed by atoms with E-state index in [1.807, 2.05) is 19.9 Å². The molecule has 0 saturated heterocycles. The van der Waals surface area contributed by atoms with Gasteiger partial charge in [0, 0.05) is 12.1 Å². The third kappa shape index (κ3) is 5.41. The monoisotopic (exact) mass is 329 g/mol. The number of nitrogens with one attached hydrogen (secondary N) is 1. The molecule has 0 aliphatic heterocycles. The number of rotatable bonds is 6. The fourth-order valence-electron chi connectivity index (χ4n) is 1.64. The van der Waals surface area contributed by atoms with Crippen molar-refractivity contribution in [2.24, 2.45) is 0 Å². The van der Waals surface area contributed by atoms with E-state index >= 15 is 0 Å². The van der Waals surface area contributed by atoms with E-state index < -0.39 is 0 Å². The Kier molecular flexibility index (Phi) is 6.14. The van der Waals surface area contributed by atoms with Gasteiger partial charge in [-0.3, -0.25) is 0 Å². The lowest BCUT2D eigenvalue weighted by Gasteiger charge is -2.21. The van der Waals surface area contributed by atoms with Crippen LogP contribution in [-0.4, -0.2) is 18.8 Å². The van der Waals surface area contributed by atoms with Crippen LogP contribution < -0.4 is 14.8 Å². The first-order valence-electron chi connectivity index (χ1n) is 6.70. The Morgan fingerprint density at radius 3 is 2.26 bits per heavy atom. The molecule has 4 heteroatoms. The predicted octanol–water partition coefficient (Wildman–Crippen LogP) is 4.13. The molecule has 0 fully saturated rings. The van der Waals surface area contributed by atoms with Crippen LogP contribution in [0.1, 0.15) is 40.2 Å². The third-order valence-electron chi connectivity index (χ3n) is 2.48. The lowest BCUT2D eigenvalue weighted by atomic mass is 10.1. The molecule has 3 nitrogen and oxygen atoms in total. The molecular weight excluding hydrogens is 306 g/mol. The van der Waals surface area contributed by atoms with Crippen LogP contribution in [0.4, 0.5) is 0 Å². The van der Waals surface area contributed by atoms with E-state index in [0.717, 1.165) is 22.5 Å². The summed E-state index contributed by atoms with van der Waals surface area (Å²) in [6, 6.07) is 4.12. The number of hydrogen-bond donors (Lipinski definition) is 1. The molecule has 0 aromatic heterocycles. The Hall–Kier alpha value is -0.740. The summed E-state index contributed by atoms with van der Waals surface area (Å²) in [4.78, 5) is 0. The molecule has 0 saturated carbocycles. The van der Waals surface area contributed by atoms with Gasteiger partial charge in [-0.2, -0.15) is 0 Å². The lowest BCUT2D eigenvalue weighted by Crippen LogP contribution is -2.35. The molecule has 0 heterocycles. The van der Waals surface area contributed by atoms with Crippen LogP contribution in [0, 0.1) is 0 Å². The van der Waals surface area contributed by atoms with Gasteiger partial charge in [-0.1, -0.05) is 0 Å². The third-order valence-corrected chi connectivity index (χ3v) is 3.07. The van der Waals surface area contributed by atoms with Crippen molar-refractivity contribution < 1.29 is 9.47 Å². The smallest absolute Gasteiger partial charge is 0.175 e. The first-order valence-corrected chi connectivity index (χ1v) is 7.49. The molecule has 0 spiro atoms. The van der Waals surface area contributed by atoms with Crippen molar-refractivity contribution in [3.8, 4) is 11.5 Å². The maximum atomic E-state index is 5.66. The van der Waals surface area contributed by atoms with Gasteiger partial charge in [0.15, 0.2) is 11.5 Å². The van der Waals surface area contributed by atoms with Gasteiger partial charge in [-0.05, 0) is 68.2 Å². The number of benzene rings is 1. The maximum Gasteiger partial charge on any atom is 0.175 e. The van der Waals surface area contributed by atoms with Crippen LogP contribution in [0.2, 0.25) is 0 Å². The molecule has 19 heavy (non-hydrogen) atoms. The van der Waals surface area contributed by atoms with Gasteiger partial charge in [0.2, 0.25) is 0 Å². The molecule has 1 aromatic rings. The minimum Gasteiger partial charge on any atom is -0.490 e. The number of hydrogen-bond acceptors (Lipinski definition) is 3. The second-order valence-corrected chi connectivity index (χ2v) is 6.23. The van der Waals surface area contributed by atoms with Gasteiger partial charge < -0.3 is 14.8 Å². The zero-order valence-electron chi connectivity index (χ0n) is 12.5. The number of halogens is 1.